The summed E-state index contributed by atoms with van der Waals surface area (Å²) < 4.78 is 16.2. The van der Waals surface area contributed by atoms with Crippen LogP contribution in [0.2, 0.25) is 0 Å². The van der Waals surface area contributed by atoms with Gasteiger partial charge in [0.15, 0.2) is 17.6 Å². The fourth-order valence-corrected chi connectivity index (χ4v) is 3.65. The highest BCUT2D eigenvalue weighted by Crippen LogP contribution is 2.33. The summed E-state index contributed by atoms with van der Waals surface area (Å²) in [5.74, 6) is 0.256. The van der Waals surface area contributed by atoms with Gasteiger partial charge in [-0.2, -0.15) is 0 Å². The van der Waals surface area contributed by atoms with E-state index in [1.807, 2.05) is 0 Å². The third kappa shape index (κ3) is 4.29. The fraction of sp³-hybridized carbons (Fsp3) is 0.250. The van der Waals surface area contributed by atoms with Crippen LogP contribution in [0.1, 0.15) is 17.3 Å². The van der Waals surface area contributed by atoms with Crippen molar-refractivity contribution in [2.75, 3.05) is 29.6 Å². The molecule has 2 aromatic rings. The lowest BCUT2D eigenvalue weighted by atomic mass is 10.2. The number of benzene rings is 2. The maximum Gasteiger partial charge on any atom is 0.338 e. The van der Waals surface area contributed by atoms with Gasteiger partial charge in [-0.05, 0) is 37.3 Å². The van der Waals surface area contributed by atoms with Crippen molar-refractivity contribution in [1.29, 1.82) is 0 Å². The van der Waals surface area contributed by atoms with Crippen molar-refractivity contribution in [1.82, 2.24) is 0 Å². The Hall–Kier alpha value is -3.20. The minimum Gasteiger partial charge on any atom is -0.486 e. The van der Waals surface area contributed by atoms with E-state index in [0.29, 0.717) is 41.8 Å². The molecule has 2 aliphatic rings. The molecule has 2 N–H and O–H groups in total. The molecule has 2 aromatic carbocycles. The summed E-state index contributed by atoms with van der Waals surface area (Å²) in [6.45, 7) is 2.41. The van der Waals surface area contributed by atoms with Gasteiger partial charge in [-0.1, -0.05) is 0 Å². The van der Waals surface area contributed by atoms with Gasteiger partial charge >= 0.3 is 5.97 Å². The smallest absolute Gasteiger partial charge is 0.338 e. The van der Waals surface area contributed by atoms with Crippen LogP contribution in [0.25, 0.3) is 0 Å². The van der Waals surface area contributed by atoms with Crippen LogP contribution in [0.5, 0.6) is 11.5 Å². The molecule has 0 unspecified atom stereocenters. The average molecular weight is 414 g/mol. The summed E-state index contributed by atoms with van der Waals surface area (Å²) in [7, 11) is 0. The molecule has 150 valence electrons. The zero-order chi connectivity index (χ0) is 20.4. The second-order valence-electron chi connectivity index (χ2n) is 6.44. The Labute approximate surface area is 170 Å². The normalized spacial score (nSPS) is 15.6. The Morgan fingerprint density at radius 2 is 1.93 bits per heavy atom. The highest BCUT2D eigenvalue weighted by molar-refractivity contribution is 8.00. The number of nitrogens with one attached hydrogen (secondary N) is 2. The number of thioether (sulfide) groups is 1. The summed E-state index contributed by atoms with van der Waals surface area (Å²) in [4.78, 5) is 37.2. The van der Waals surface area contributed by atoms with Gasteiger partial charge in [0.25, 0.3) is 5.91 Å². The summed E-state index contributed by atoms with van der Waals surface area (Å²) in [6, 6.07) is 9.95. The van der Waals surface area contributed by atoms with Crippen LogP contribution in [0.3, 0.4) is 0 Å². The molecular weight excluding hydrogens is 396 g/mol. The highest BCUT2D eigenvalue weighted by atomic mass is 32.2. The number of carbonyl (C=O) groups excluding carboxylic acids is 3. The molecule has 2 aliphatic heterocycles. The van der Waals surface area contributed by atoms with Crippen molar-refractivity contribution in [2.24, 2.45) is 0 Å². The number of anilines is 2. The molecule has 29 heavy (non-hydrogen) atoms. The van der Waals surface area contributed by atoms with Gasteiger partial charge < -0.3 is 24.8 Å². The van der Waals surface area contributed by atoms with Crippen molar-refractivity contribution in [2.45, 2.75) is 17.9 Å². The Morgan fingerprint density at radius 3 is 2.76 bits per heavy atom. The minimum absolute atomic E-state index is 0.125. The summed E-state index contributed by atoms with van der Waals surface area (Å²) in [5.41, 5.74) is 1.33. The Bertz CT molecular complexity index is 993. The standard InChI is InChI=1S/C20H18N2O6S/c1-11(19(24)21-13-3-4-15-16(9-13)27-7-6-26-15)28-20(25)12-2-5-17-14(8-12)22-18(23)10-29-17/h2-5,8-9,11H,6-7,10H2,1H3,(H,21,24)(H,22,23)/t11-/m1/s1. The highest BCUT2D eigenvalue weighted by Gasteiger charge is 2.22. The van der Waals surface area contributed by atoms with Crippen molar-refractivity contribution in [3.63, 3.8) is 0 Å². The van der Waals surface area contributed by atoms with Crippen molar-refractivity contribution >= 4 is 40.9 Å². The first-order valence-electron chi connectivity index (χ1n) is 8.98. The molecule has 1 atom stereocenters. The molecule has 8 nitrogen and oxygen atoms in total. The SMILES string of the molecule is C[C@@H](OC(=O)c1ccc2c(c1)NC(=O)CS2)C(=O)Nc1ccc2c(c1)OCCO2. The van der Waals surface area contributed by atoms with E-state index in [9.17, 15) is 14.4 Å². The topological polar surface area (TPSA) is 103 Å². The molecule has 0 spiro atoms. The van der Waals surface area contributed by atoms with Gasteiger partial charge in [0, 0.05) is 16.6 Å². The Kier molecular flexibility index (Phi) is 5.30. The lowest BCUT2D eigenvalue weighted by Crippen LogP contribution is -2.30. The number of esters is 1. The van der Waals surface area contributed by atoms with Gasteiger partial charge in [0.05, 0.1) is 17.0 Å². The molecule has 0 saturated carbocycles. The predicted octanol–water partition coefficient (Wildman–Crippen LogP) is 2.69. The first-order valence-corrected chi connectivity index (χ1v) is 9.96. The molecule has 0 aromatic heterocycles. The number of hydrogen-bond donors (Lipinski definition) is 2. The monoisotopic (exact) mass is 414 g/mol. The van der Waals surface area contributed by atoms with E-state index in [1.165, 1.54) is 18.7 Å². The van der Waals surface area contributed by atoms with E-state index in [1.54, 1.807) is 36.4 Å². The van der Waals surface area contributed by atoms with Gasteiger partial charge in [-0.15, -0.1) is 11.8 Å². The largest absolute Gasteiger partial charge is 0.486 e. The Balaban J connectivity index is 1.39. The number of amides is 2. The number of ether oxygens (including phenoxy) is 3. The van der Waals surface area contributed by atoms with Crippen LogP contribution in [-0.2, 0) is 14.3 Å². The molecule has 0 radical (unpaired) electrons. The molecule has 0 saturated heterocycles. The molecule has 2 heterocycles. The summed E-state index contributed by atoms with van der Waals surface area (Å²) >= 11 is 1.40. The van der Waals surface area contributed by atoms with Crippen molar-refractivity contribution < 1.29 is 28.6 Å². The number of rotatable bonds is 4. The Morgan fingerprint density at radius 1 is 1.14 bits per heavy atom. The average Bonchev–Trinajstić information content (AvgIpc) is 2.73. The van der Waals surface area contributed by atoms with Gasteiger partial charge in [0.1, 0.15) is 13.2 Å². The van der Waals surface area contributed by atoms with E-state index in [-0.39, 0.29) is 11.5 Å². The molecule has 0 bridgehead atoms. The van der Waals surface area contributed by atoms with Crippen molar-refractivity contribution in [3.05, 3.63) is 42.0 Å². The van der Waals surface area contributed by atoms with Crippen LogP contribution in [0, 0.1) is 0 Å². The number of hydrogen-bond acceptors (Lipinski definition) is 7. The summed E-state index contributed by atoms with van der Waals surface area (Å²) in [5, 5.41) is 5.41. The first kappa shape index (κ1) is 19.1. The van der Waals surface area contributed by atoms with Crippen LogP contribution < -0.4 is 20.1 Å². The molecule has 4 rings (SSSR count). The van der Waals surface area contributed by atoms with Crippen molar-refractivity contribution in [3.8, 4) is 11.5 Å². The lowest BCUT2D eigenvalue weighted by Gasteiger charge is -2.20. The lowest BCUT2D eigenvalue weighted by molar-refractivity contribution is -0.123. The van der Waals surface area contributed by atoms with Crippen LogP contribution in [0.4, 0.5) is 11.4 Å². The number of fused-ring (bicyclic) bond motifs is 2. The predicted molar refractivity (Wildman–Crippen MR) is 107 cm³/mol. The van der Waals surface area contributed by atoms with E-state index >= 15 is 0 Å². The van der Waals surface area contributed by atoms with Crippen LogP contribution in [-0.4, -0.2) is 42.9 Å². The van der Waals surface area contributed by atoms with Gasteiger partial charge in [-0.3, -0.25) is 9.59 Å². The second-order valence-corrected chi connectivity index (χ2v) is 7.46. The molecule has 0 aliphatic carbocycles. The van der Waals surface area contributed by atoms with Gasteiger partial charge in [0.2, 0.25) is 5.91 Å². The van der Waals surface area contributed by atoms with Crippen LogP contribution >= 0.6 is 11.8 Å². The molecular formula is C20H18N2O6S. The molecule has 2 amide bonds. The third-order valence-electron chi connectivity index (χ3n) is 4.31. The number of carbonyl (C=O) groups is 3. The molecule has 0 fully saturated rings. The second kappa shape index (κ2) is 8.04. The zero-order valence-corrected chi connectivity index (χ0v) is 16.3. The van der Waals surface area contributed by atoms with Crippen LogP contribution in [0.15, 0.2) is 41.3 Å². The third-order valence-corrected chi connectivity index (χ3v) is 5.38. The van der Waals surface area contributed by atoms with E-state index in [0.717, 1.165) is 4.90 Å². The van der Waals surface area contributed by atoms with Gasteiger partial charge in [-0.25, -0.2) is 4.79 Å². The quantitative estimate of drug-likeness (QED) is 0.742. The zero-order valence-electron chi connectivity index (χ0n) is 15.5. The fourth-order valence-electron chi connectivity index (χ4n) is 2.86. The molecule has 9 heteroatoms. The summed E-state index contributed by atoms with van der Waals surface area (Å²) in [6.07, 6.45) is -1.02. The maximum atomic E-state index is 12.4. The first-order chi connectivity index (χ1) is 14.0. The van der Waals surface area contributed by atoms with E-state index in [4.69, 9.17) is 14.2 Å². The van der Waals surface area contributed by atoms with E-state index < -0.39 is 18.0 Å². The maximum absolute atomic E-state index is 12.4. The minimum atomic E-state index is -1.02. The van der Waals surface area contributed by atoms with E-state index in [2.05, 4.69) is 10.6 Å².